The summed E-state index contributed by atoms with van der Waals surface area (Å²) < 4.78 is 41.3. The number of benzene rings is 2. The Labute approximate surface area is 252 Å². The monoisotopic (exact) mass is 637 g/mol. The van der Waals surface area contributed by atoms with E-state index in [1.54, 1.807) is 4.90 Å². The quantitative estimate of drug-likeness (QED) is 0.365. The molecule has 1 aromatic heterocycles. The van der Waals surface area contributed by atoms with Gasteiger partial charge in [-0.05, 0) is 54.8 Å². The second kappa shape index (κ2) is 10.5. The van der Waals surface area contributed by atoms with Gasteiger partial charge in [0.15, 0.2) is 0 Å². The summed E-state index contributed by atoms with van der Waals surface area (Å²) in [7, 11) is -4.09. The standard InChI is InChI=1S/C28H30Cl2FN5O5S/c1-27(2,3)24(34-25(38)20-10-15-9-17(31)6-8-19(15)33-20)26(39)36-13-22-28(36,4)14-35(22)23(37)12-32-42(40,41)21-11-16(29)5-7-18(21)30/h5-11,22,24,32-33H,12-14H2,1-4H3,(H,34,38)/t22-,24-,28?/m1/s1. The second-order valence-corrected chi connectivity index (χ2v) is 14.5. The molecule has 1 unspecified atom stereocenters. The van der Waals surface area contributed by atoms with Gasteiger partial charge in [0.25, 0.3) is 5.91 Å². The number of halogens is 3. The number of fused-ring (bicyclic) bond motifs is 2. The average Bonchev–Trinajstić information content (AvgIpc) is 3.33. The van der Waals surface area contributed by atoms with Crippen LogP contribution in [0.2, 0.25) is 10.0 Å². The van der Waals surface area contributed by atoms with Gasteiger partial charge in [0, 0.05) is 29.0 Å². The van der Waals surface area contributed by atoms with E-state index in [0.717, 1.165) is 0 Å². The molecule has 0 radical (unpaired) electrons. The zero-order valence-electron chi connectivity index (χ0n) is 23.3. The molecule has 3 heterocycles. The van der Waals surface area contributed by atoms with E-state index in [-0.39, 0.29) is 45.7 Å². The average molecular weight is 639 g/mol. The molecule has 3 aromatic rings. The molecular weight excluding hydrogens is 608 g/mol. The normalized spacial score (nSPS) is 20.9. The van der Waals surface area contributed by atoms with Gasteiger partial charge >= 0.3 is 0 Å². The Morgan fingerprint density at radius 1 is 1.14 bits per heavy atom. The maximum atomic E-state index is 13.7. The van der Waals surface area contributed by atoms with Crippen molar-refractivity contribution in [3.63, 3.8) is 0 Å². The van der Waals surface area contributed by atoms with Crippen LogP contribution in [0.15, 0.2) is 47.4 Å². The van der Waals surface area contributed by atoms with Crippen molar-refractivity contribution >= 4 is 61.8 Å². The first-order valence-electron chi connectivity index (χ1n) is 13.2. The third kappa shape index (κ3) is 5.36. The molecule has 2 fully saturated rings. The smallest absolute Gasteiger partial charge is 0.268 e. The highest BCUT2D eigenvalue weighted by Gasteiger charge is 2.65. The summed E-state index contributed by atoms with van der Waals surface area (Å²) in [4.78, 5) is 45.7. The summed E-state index contributed by atoms with van der Waals surface area (Å²) >= 11 is 11.9. The van der Waals surface area contributed by atoms with Gasteiger partial charge in [-0.15, -0.1) is 0 Å². The molecule has 2 aliphatic heterocycles. The SMILES string of the molecule is CC(C)(C)[C@H](NC(=O)c1cc2cc(F)ccc2[nH]1)C(=O)N1C[C@H]2N(C(=O)CNS(=O)(=O)c3cc(Cl)ccc3Cl)CC21C. The molecule has 0 bridgehead atoms. The third-order valence-electron chi connectivity index (χ3n) is 7.96. The van der Waals surface area contributed by atoms with Crippen LogP contribution >= 0.6 is 23.2 Å². The van der Waals surface area contributed by atoms with Gasteiger partial charge < -0.3 is 20.1 Å². The fraction of sp³-hybridized carbons (Fsp3) is 0.393. The number of sulfonamides is 1. The molecule has 2 saturated heterocycles. The lowest BCUT2D eigenvalue weighted by atomic mass is 9.70. The summed E-state index contributed by atoms with van der Waals surface area (Å²) in [5.41, 5.74) is -0.511. The number of rotatable bonds is 7. The van der Waals surface area contributed by atoms with Gasteiger partial charge in [-0.25, -0.2) is 17.5 Å². The van der Waals surface area contributed by atoms with Crippen molar-refractivity contribution in [3.05, 3.63) is 64.0 Å². The summed E-state index contributed by atoms with van der Waals surface area (Å²) in [5.74, 6) is -1.66. The number of carbonyl (C=O) groups is 3. The van der Waals surface area contributed by atoms with Gasteiger partial charge in [0.2, 0.25) is 21.8 Å². The van der Waals surface area contributed by atoms with E-state index in [1.165, 1.54) is 47.4 Å². The Kier molecular flexibility index (Phi) is 7.58. The van der Waals surface area contributed by atoms with Crippen LogP contribution in [0, 0.1) is 11.2 Å². The van der Waals surface area contributed by atoms with Crippen molar-refractivity contribution in [1.82, 2.24) is 24.8 Å². The fourth-order valence-corrected chi connectivity index (χ4v) is 7.21. The molecule has 0 aliphatic carbocycles. The van der Waals surface area contributed by atoms with E-state index < -0.39 is 51.2 Å². The van der Waals surface area contributed by atoms with E-state index >= 15 is 0 Å². The van der Waals surface area contributed by atoms with Gasteiger partial charge in [0.05, 0.1) is 23.1 Å². The first-order chi connectivity index (χ1) is 19.5. The van der Waals surface area contributed by atoms with Crippen LogP contribution < -0.4 is 10.0 Å². The Hall–Kier alpha value is -3.19. The molecule has 3 atom stereocenters. The number of likely N-dealkylation sites (tertiary alicyclic amines) is 2. The first kappa shape index (κ1) is 30.3. The number of H-pyrrole nitrogens is 1. The number of aromatic nitrogens is 1. The van der Waals surface area contributed by atoms with Crippen LogP contribution in [0.1, 0.15) is 38.2 Å². The molecule has 2 aromatic carbocycles. The minimum atomic E-state index is -4.09. The molecule has 224 valence electrons. The van der Waals surface area contributed by atoms with E-state index in [4.69, 9.17) is 23.2 Å². The Morgan fingerprint density at radius 2 is 1.86 bits per heavy atom. The van der Waals surface area contributed by atoms with Gasteiger partial charge in [-0.3, -0.25) is 14.4 Å². The van der Waals surface area contributed by atoms with Gasteiger partial charge in [0.1, 0.15) is 22.4 Å². The lowest BCUT2D eigenvalue weighted by Crippen LogP contribution is -2.89. The van der Waals surface area contributed by atoms with Crippen molar-refractivity contribution in [3.8, 4) is 0 Å². The molecule has 0 saturated carbocycles. The molecular formula is C28H30Cl2FN5O5S. The van der Waals surface area contributed by atoms with Crippen LogP contribution in [0.25, 0.3) is 10.9 Å². The maximum Gasteiger partial charge on any atom is 0.268 e. The number of amides is 3. The molecule has 0 spiro atoms. The summed E-state index contributed by atoms with van der Waals surface area (Å²) in [6.45, 7) is 7.33. The molecule has 3 N–H and O–H groups in total. The fourth-order valence-electron chi connectivity index (χ4n) is 5.48. The highest BCUT2D eigenvalue weighted by molar-refractivity contribution is 7.89. The van der Waals surface area contributed by atoms with Crippen molar-refractivity contribution in [2.75, 3.05) is 19.6 Å². The van der Waals surface area contributed by atoms with Crippen LogP contribution in [0.3, 0.4) is 0 Å². The molecule has 5 rings (SSSR count). The number of hydrogen-bond acceptors (Lipinski definition) is 5. The van der Waals surface area contributed by atoms with Crippen molar-refractivity contribution in [2.24, 2.45) is 5.41 Å². The number of aromatic amines is 1. The summed E-state index contributed by atoms with van der Waals surface area (Å²) in [6.07, 6.45) is 0. The molecule has 2 aliphatic rings. The van der Waals surface area contributed by atoms with Crippen molar-refractivity contribution in [1.29, 1.82) is 0 Å². The highest BCUT2D eigenvalue weighted by atomic mass is 35.5. The van der Waals surface area contributed by atoms with Crippen molar-refractivity contribution in [2.45, 2.75) is 50.2 Å². The number of nitrogens with zero attached hydrogens (tertiary/aromatic N) is 2. The first-order valence-corrected chi connectivity index (χ1v) is 15.4. The number of hydrogen-bond donors (Lipinski definition) is 3. The number of nitrogens with one attached hydrogen (secondary N) is 3. The lowest BCUT2D eigenvalue weighted by Gasteiger charge is -2.69. The Morgan fingerprint density at radius 3 is 2.50 bits per heavy atom. The molecule has 3 amide bonds. The largest absolute Gasteiger partial charge is 0.351 e. The van der Waals surface area contributed by atoms with Gasteiger partial charge in [-0.1, -0.05) is 44.0 Å². The topological polar surface area (TPSA) is 132 Å². The van der Waals surface area contributed by atoms with Crippen LogP contribution in [-0.2, 0) is 19.6 Å². The third-order valence-corrected chi connectivity index (χ3v) is 10.1. The van der Waals surface area contributed by atoms with E-state index in [0.29, 0.717) is 10.9 Å². The van der Waals surface area contributed by atoms with E-state index in [2.05, 4.69) is 15.0 Å². The minimum Gasteiger partial charge on any atom is -0.351 e. The molecule has 42 heavy (non-hydrogen) atoms. The predicted molar refractivity (Wildman–Crippen MR) is 156 cm³/mol. The van der Waals surface area contributed by atoms with Crippen molar-refractivity contribution < 1.29 is 27.2 Å². The summed E-state index contributed by atoms with van der Waals surface area (Å²) in [6, 6.07) is 8.51. The lowest BCUT2D eigenvalue weighted by molar-refractivity contribution is -0.206. The minimum absolute atomic E-state index is 0.0250. The highest BCUT2D eigenvalue weighted by Crippen LogP contribution is 2.45. The Balaban J connectivity index is 1.22. The zero-order valence-corrected chi connectivity index (χ0v) is 25.6. The zero-order chi connectivity index (χ0) is 30.8. The Bertz CT molecular complexity index is 1720. The van der Waals surface area contributed by atoms with Crippen LogP contribution in [0.4, 0.5) is 4.39 Å². The number of carbonyl (C=O) groups excluding carboxylic acids is 3. The van der Waals surface area contributed by atoms with Crippen LogP contribution in [-0.4, -0.2) is 78.2 Å². The van der Waals surface area contributed by atoms with Crippen LogP contribution in [0.5, 0.6) is 0 Å². The second-order valence-electron chi connectivity index (χ2n) is 11.9. The molecule has 10 nitrogen and oxygen atoms in total. The van der Waals surface area contributed by atoms with E-state index in [9.17, 15) is 27.2 Å². The van der Waals surface area contributed by atoms with E-state index in [1.807, 2.05) is 27.7 Å². The summed E-state index contributed by atoms with van der Waals surface area (Å²) in [5, 5.41) is 3.53. The maximum absolute atomic E-state index is 13.7. The molecule has 14 heteroatoms. The predicted octanol–water partition coefficient (Wildman–Crippen LogP) is 3.55. The number of piperazine rings is 1. The van der Waals surface area contributed by atoms with Gasteiger partial charge in [-0.2, -0.15) is 0 Å².